The smallest absolute Gasteiger partial charge is 0.352 e. The molecular formula is C16H15F2N3O3. The molecule has 1 aromatic heterocycles. The maximum atomic E-state index is 13.6. The molecule has 2 aliphatic rings. The Labute approximate surface area is 136 Å². The van der Waals surface area contributed by atoms with E-state index in [9.17, 15) is 13.6 Å². The van der Waals surface area contributed by atoms with Crippen LogP contribution in [0.25, 0.3) is 0 Å². The Morgan fingerprint density at radius 1 is 1.33 bits per heavy atom. The lowest BCUT2D eigenvalue weighted by atomic mass is 10.2. The Morgan fingerprint density at radius 2 is 2.21 bits per heavy atom. The van der Waals surface area contributed by atoms with Gasteiger partial charge in [-0.25, -0.2) is 13.6 Å². The van der Waals surface area contributed by atoms with Gasteiger partial charge in [0.2, 0.25) is 5.88 Å². The Morgan fingerprint density at radius 3 is 3.04 bits per heavy atom. The number of fused-ring (bicyclic) bond motifs is 3. The second-order valence-electron chi connectivity index (χ2n) is 5.79. The fourth-order valence-electron chi connectivity index (χ4n) is 3.07. The standard InChI is InChI=1S/C16H15F2N3O3/c17-11-2-1-10(13(18)5-11)8-24-14-6-15-20-3-4-23-9-12(20)7-21(15)16(22)19-14/h1-2,5-6,12H,3-4,7-9H2/t12-/m0/s1. The molecule has 4 rings (SSSR count). The minimum absolute atomic E-state index is 0.123. The van der Waals surface area contributed by atoms with Crippen LogP contribution in [0.5, 0.6) is 5.88 Å². The number of rotatable bonds is 3. The van der Waals surface area contributed by atoms with Crippen molar-refractivity contribution in [2.45, 2.75) is 19.2 Å². The van der Waals surface area contributed by atoms with Crippen molar-refractivity contribution in [3.05, 3.63) is 51.9 Å². The molecule has 1 aromatic carbocycles. The number of hydrogen-bond donors (Lipinski definition) is 0. The molecule has 0 bridgehead atoms. The molecule has 2 aromatic rings. The maximum Gasteiger partial charge on any atom is 0.352 e. The Hall–Kier alpha value is -2.48. The van der Waals surface area contributed by atoms with Crippen molar-refractivity contribution in [3.8, 4) is 5.88 Å². The van der Waals surface area contributed by atoms with Crippen LogP contribution in [0.4, 0.5) is 14.6 Å². The van der Waals surface area contributed by atoms with E-state index < -0.39 is 17.3 Å². The Balaban J connectivity index is 1.57. The van der Waals surface area contributed by atoms with Crippen molar-refractivity contribution in [1.29, 1.82) is 0 Å². The lowest BCUT2D eigenvalue weighted by Crippen LogP contribution is -2.43. The number of nitrogens with zero attached hydrogens (tertiary/aromatic N) is 3. The molecule has 0 N–H and O–H groups in total. The zero-order chi connectivity index (χ0) is 16.7. The lowest BCUT2D eigenvalue weighted by molar-refractivity contribution is 0.0956. The van der Waals surface area contributed by atoms with E-state index in [1.807, 2.05) is 0 Å². The van der Waals surface area contributed by atoms with Crippen LogP contribution in [0.3, 0.4) is 0 Å². The molecular weight excluding hydrogens is 320 g/mol. The molecule has 2 aliphatic heterocycles. The summed E-state index contributed by atoms with van der Waals surface area (Å²) in [5.74, 6) is -0.482. The van der Waals surface area contributed by atoms with Gasteiger partial charge in [0.25, 0.3) is 0 Å². The van der Waals surface area contributed by atoms with Crippen LogP contribution < -0.4 is 15.3 Å². The molecule has 0 aliphatic carbocycles. The Kier molecular flexibility index (Phi) is 3.68. The van der Waals surface area contributed by atoms with Crippen LogP contribution in [0.1, 0.15) is 5.56 Å². The number of benzene rings is 1. The first-order chi connectivity index (χ1) is 11.6. The van der Waals surface area contributed by atoms with E-state index in [4.69, 9.17) is 9.47 Å². The van der Waals surface area contributed by atoms with Gasteiger partial charge in [0.1, 0.15) is 24.1 Å². The molecule has 0 unspecified atom stereocenters. The van der Waals surface area contributed by atoms with Crippen molar-refractivity contribution in [2.75, 3.05) is 24.7 Å². The van der Waals surface area contributed by atoms with E-state index in [1.54, 1.807) is 10.6 Å². The third-order valence-electron chi connectivity index (χ3n) is 4.27. The highest BCUT2D eigenvalue weighted by molar-refractivity contribution is 5.47. The van der Waals surface area contributed by atoms with E-state index in [0.717, 1.165) is 18.0 Å². The summed E-state index contributed by atoms with van der Waals surface area (Å²) >= 11 is 0. The highest BCUT2D eigenvalue weighted by Crippen LogP contribution is 2.28. The minimum Gasteiger partial charge on any atom is -0.472 e. The highest BCUT2D eigenvalue weighted by atomic mass is 19.1. The average Bonchev–Trinajstić information content (AvgIpc) is 2.94. The molecule has 24 heavy (non-hydrogen) atoms. The van der Waals surface area contributed by atoms with E-state index >= 15 is 0 Å². The third-order valence-corrected chi connectivity index (χ3v) is 4.27. The van der Waals surface area contributed by atoms with E-state index in [1.165, 1.54) is 6.07 Å². The minimum atomic E-state index is -0.693. The number of hydrogen-bond acceptors (Lipinski definition) is 5. The zero-order valence-electron chi connectivity index (χ0n) is 12.7. The number of halogens is 2. The monoisotopic (exact) mass is 335 g/mol. The lowest BCUT2D eigenvalue weighted by Gasteiger charge is -2.30. The van der Waals surface area contributed by atoms with Gasteiger partial charge in [-0.1, -0.05) is 0 Å². The van der Waals surface area contributed by atoms with Gasteiger partial charge in [0.05, 0.1) is 25.8 Å². The molecule has 0 spiro atoms. The predicted molar refractivity (Wildman–Crippen MR) is 81.1 cm³/mol. The molecule has 0 amide bonds. The number of morpholine rings is 1. The van der Waals surface area contributed by atoms with Crippen LogP contribution >= 0.6 is 0 Å². The van der Waals surface area contributed by atoms with Gasteiger partial charge in [0, 0.05) is 24.2 Å². The van der Waals surface area contributed by atoms with Crippen molar-refractivity contribution < 1.29 is 18.3 Å². The summed E-state index contributed by atoms with van der Waals surface area (Å²) in [4.78, 5) is 18.2. The van der Waals surface area contributed by atoms with E-state index in [2.05, 4.69) is 9.88 Å². The molecule has 126 valence electrons. The molecule has 6 nitrogen and oxygen atoms in total. The zero-order valence-corrected chi connectivity index (χ0v) is 12.7. The molecule has 0 radical (unpaired) electrons. The molecule has 8 heteroatoms. The summed E-state index contributed by atoms with van der Waals surface area (Å²) in [7, 11) is 0. The molecule has 1 fully saturated rings. The summed E-state index contributed by atoms with van der Waals surface area (Å²) in [6.45, 7) is 2.27. The number of aromatic nitrogens is 2. The fourth-order valence-corrected chi connectivity index (χ4v) is 3.07. The largest absolute Gasteiger partial charge is 0.472 e. The first kappa shape index (κ1) is 15.1. The van der Waals surface area contributed by atoms with Crippen molar-refractivity contribution >= 4 is 5.82 Å². The van der Waals surface area contributed by atoms with Gasteiger partial charge in [-0.05, 0) is 12.1 Å². The van der Waals surface area contributed by atoms with Gasteiger partial charge in [-0.3, -0.25) is 4.57 Å². The summed E-state index contributed by atoms with van der Waals surface area (Å²) in [5, 5.41) is 0. The van der Waals surface area contributed by atoms with Crippen LogP contribution in [0, 0.1) is 11.6 Å². The first-order valence-electron chi connectivity index (χ1n) is 7.65. The summed E-state index contributed by atoms with van der Waals surface area (Å²) < 4.78 is 39.0. The van der Waals surface area contributed by atoms with Crippen LogP contribution in [0.15, 0.2) is 29.1 Å². The van der Waals surface area contributed by atoms with Gasteiger partial charge >= 0.3 is 5.69 Å². The maximum absolute atomic E-state index is 13.6. The molecule has 3 heterocycles. The van der Waals surface area contributed by atoms with Gasteiger partial charge < -0.3 is 14.4 Å². The Bertz CT molecular complexity index is 840. The van der Waals surface area contributed by atoms with E-state index in [0.29, 0.717) is 26.3 Å². The summed E-state index contributed by atoms with van der Waals surface area (Å²) in [5.41, 5.74) is -0.209. The number of ether oxygens (including phenoxy) is 2. The van der Waals surface area contributed by atoms with Crippen molar-refractivity contribution in [3.63, 3.8) is 0 Å². The van der Waals surface area contributed by atoms with E-state index in [-0.39, 0.29) is 24.1 Å². The highest BCUT2D eigenvalue weighted by Gasteiger charge is 2.33. The van der Waals surface area contributed by atoms with Crippen LogP contribution in [-0.2, 0) is 17.9 Å². The van der Waals surface area contributed by atoms with Gasteiger partial charge in [-0.2, -0.15) is 4.98 Å². The summed E-state index contributed by atoms with van der Waals surface area (Å²) in [6, 6.07) is 5.06. The van der Waals surface area contributed by atoms with Crippen molar-refractivity contribution in [1.82, 2.24) is 9.55 Å². The number of anilines is 1. The second kappa shape index (κ2) is 5.86. The molecule has 0 saturated carbocycles. The molecule has 1 atom stereocenters. The quantitative estimate of drug-likeness (QED) is 0.847. The van der Waals surface area contributed by atoms with Gasteiger partial charge in [-0.15, -0.1) is 0 Å². The normalized spacial score (nSPS) is 19.1. The topological polar surface area (TPSA) is 56.6 Å². The van der Waals surface area contributed by atoms with Crippen LogP contribution in [-0.4, -0.2) is 35.4 Å². The van der Waals surface area contributed by atoms with Crippen LogP contribution in [0.2, 0.25) is 0 Å². The average molecular weight is 335 g/mol. The SMILES string of the molecule is O=c1nc(OCc2ccc(F)cc2F)cc2n1C[C@H]1COCCN21. The van der Waals surface area contributed by atoms with Gasteiger partial charge in [0.15, 0.2) is 0 Å². The molecule has 1 saturated heterocycles. The first-order valence-corrected chi connectivity index (χ1v) is 7.65. The third kappa shape index (κ3) is 2.62. The van der Waals surface area contributed by atoms with Crippen molar-refractivity contribution in [2.24, 2.45) is 0 Å². The summed E-state index contributed by atoms with van der Waals surface area (Å²) in [6.07, 6.45) is 0. The predicted octanol–water partition coefficient (Wildman–Crippen LogP) is 1.32. The fraction of sp³-hybridized carbons (Fsp3) is 0.375. The second-order valence-corrected chi connectivity index (χ2v) is 5.79.